The molecule has 3 aromatic heterocycles. The summed E-state index contributed by atoms with van der Waals surface area (Å²) in [5.41, 5.74) is 2.81. The number of pyridine rings is 1. The third kappa shape index (κ3) is 4.13. The van der Waals surface area contributed by atoms with Crippen LogP contribution in [0.4, 0.5) is 5.13 Å². The number of halogens is 1. The van der Waals surface area contributed by atoms with Crippen molar-refractivity contribution in [3.05, 3.63) is 88.9 Å². The number of fused-ring (bicyclic) bond motifs is 1. The molecule has 0 unspecified atom stereocenters. The van der Waals surface area contributed by atoms with Gasteiger partial charge in [0.1, 0.15) is 22.8 Å². The van der Waals surface area contributed by atoms with Gasteiger partial charge in [-0.05, 0) is 37.3 Å². The van der Waals surface area contributed by atoms with Gasteiger partial charge >= 0.3 is 0 Å². The number of ether oxygens (including phenoxy) is 1. The minimum atomic E-state index is -0.301. The van der Waals surface area contributed by atoms with Gasteiger partial charge in [0, 0.05) is 17.8 Å². The second kappa shape index (κ2) is 9.24. The van der Waals surface area contributed by atoms with Gasteiger partial charge in [0.15, 0.2) is 5.13 Å². The van der Waals surface area contributed by atoms with Gasteiger partial charge in [-0.2, -0.15) is 0 Å². The molecule has 34 heavy (non-hydrogen) atoms. The third-order valence-corrected chi connectivity index (χ3v) is 6.70. The van der Waals surface area contributed by atoms with E-state index < -0.39 is 0 Å². The van der Waals surface area contributed by atoms with E-state index in [1.165, 1.54) is 11.3 Å². The normalized spacial score (nSPS) is 11.0. The first-order valence-corrected chi connectivity index (χ1v) is 11.6. The number of anilines is 1. The van der Waals surface area contributed by atoms with E-state index in [4.69, 9.17) is 25.8 Å². The van der Waals surface area contributed by atoms with Crippen LogP contribution >= 0.6 is 22.9 Å². The number of thiazole rings is 1. The highest BCUT2D eigenvalue weighted by Gasteiger charge is 2.30. The topological polar surface area (TPSA) is 81.4 Å². The van der Waals surface area contributed by atoms with Crippen molar-refractivity contribution in [1.82, 2.24) is 15.1 Å². The molecule has 0 saturated heterocycles. The summed E-state index contributed by atoms with van der Waals surface area (Å²) < 4.78 is 11.7. The number of aromatic nitrogens is 3. The van der Waals surface area contributed by atoms with E-state index in [0.29, 0.717) is 38.5 Å². The number of rotatable bonds is 6. The van der Waals surface area contributed by atoms with E-state index in [9.17, 15) is 4.79 Å². The highest BCUT2D eigenvalue weighted by Crippen LogP contribution is 2.36. The summed E-state index contributed by atoms with van der Waals surface area (Å²) in [6.07, 6.45) is 1.70. The summed E-state index contributed by atoms with van der Waals surface area (Å²) >= 11 is 7.83. The molecule has 0 aliphatic rings. The summed E-state index contributed by atoms with van der Waals surface area (Å²) in [6.45, 7) is 1.94. The zero-order valence-corrected chi connectivity index (χ0v) is 19.9. The molecule has 0 radical (unpaired) electrons. The number of methoxy groups -OCH3 is 1. The van der Waals surface area contributed by atoms with Gasteiger partial charge in [-0.15, -0.1) is 0 Å². The first-order valence-electron chi connectivity index (χ1n) is 10.4. The lowest BCUT2D eigenvalue weighted by atomic mass is 10.0. The fraction of sp³-hybridized carbons (Fsp3) is 0.120. The Morgan fingerprint density at radius 2 is 1.97 bits per heavy atom. The highest BCUT2D eigenvalue weighted by molar-refractivity contribution is 7.22. The number of nitrogens with zero attached hydrogens (tertiary/aromatic N) is 4. The quantitative estimate of drug-likeness (QED) is 0.283. The fourth-order valence-corrected chi connectivity index (χ4v) is 4.78. The van der Waals surface area contributed by atoms with Crippen LogP contribution in [0.2, 0.25) is 5.02 Å². The molecule has 0 bridgehead atoms. The first kappa shape index (κ1) is 22.1. The van der Waals surface area contributed by atoms with Crippen LogP contribution in [-0.4, -0.2) is 28.1 Å². The highest BCUT2D eigenvalue weighted by atomic mass is 35.5. The van der Waals surface area contributed by atoms with Gasteiger partial charge in [0.25, 0.3) is 5.91 Å². The Bertz CT molecular complexity index is 1480. The summed E-state index contributed by atoms with van der Waals surface area (Å²) in [6, 6.07) is 18.5. The van der Waals surface area contributed by atoms with Crippen LogP contribution in [0.3, 0.4) is 0 Å². The zero-order chi connectivity index (χ0) is 23.7. The van der Waals surface area contributed by atoms with Crippen molar-refractivity contribution in [1.29, 1.82) is 0 Å². The van der Waals surface area contributed by atoms with Crippen LogP contribution in [0.15, 0.2) is 71.4 Å². The Morgan fingerprint density at radius 1 is 1.15 bits per heavy atom. The van der Waals surface area contributed by atoms with Gasteiger partial charge in [-0.25, -0.2) is 4.98 Å². The number of carbonyl (C=O) groups excluding carboxylic acids is 1. The maximum Gasteiger partial charge on any atom is 0.266 e. The Balaban J connectivity index is 1.63. The van der Waals surface area contributed by atoms with Crippen molar-refractivity contribution >= 4 is 44.2 Å². The average Bonchev–Trinajstić information content (AvgIpc) is 3.45. The molecule has 7 nitrogen and oxygen atoms in total. The second-order valence-electron chi connectivity index (χ2n) is 7.48. The van der Waals surface area contributed by atoms with Crippen LogP contribution < -0.4 is 9.64 Å². The summed E-state index contributed by atoms with van der Waals surface area (Å²) in [7, 11) is 1.61. The molecule has 5 aromatic rings. The number of carbonyl (C=O) groups is 1. The average molecular weight is 491 g/mol. The number of hydrogen-bond donors (Lipinski definition) is 0. The van der Waals surface area contributed by atoms with Crippen LogP contribution in [0.5, 0.6) is 5.75 Å². The smallest absolute Gasteiger partial charge is 0.266 e. The van der Waals surface area contributed by atoms with Gasteiger partial charge < -0.3 is 9.26 Å². The first-order chi connectivity index (χ1) is 16.5. The van der Waals surface area contributed by atoms with Gasteiger partial charge in [0.05, 0.1) is 34.6 Å². The predicted octanol–water partition coefficient (Wildman–Crippen LogP) is 6.16. The van der Waals surface area contributed by atoms with E-state index in [1.807, 2.05) is 54.6 Å². The molecule has 0 aliphatic heterocycles. The molecule has 9 heteroatoms. The van der Waals surface area contributed by atoms with Gasteiger partial charge in [-0.3, -0.25) is 14.7 Å². The lowest BCUT2D eigenvalue weighted by molar-refractivity contribution is 0.0984. The molecule has 5 rings (SSSR count). The Hall–Kier alpha value is -3.75. The number of amides is 1. The molecule has 170 valence electrons. The number of aryl methyl sites for hydroxylation is 1. The lowest BCUT2D eigenvalue weighted by Crippen LogP contribution is -2.31. The largest absolute Gasteiger partial charge is 0.497 e. The van der Waals surface area contributed by atoms with Crippen LogP contribution in [0.25, 0.3) is 21.5 Å². The summed E-state index contributed by atoms with van der Waals surface area (Å²) in [4.78, 5) is 24.8. The maximum atomic E-state index is 14.0. The van der Waals surface area contributed by atoms with Crippen molar-refractivity contribution in [2.24, 2.45) is 0 Å². The Kier molecular flexibility index (Phi) is 6.00. The fourth-order valence-electron chi connectivity index (χ4n) is 3.61. The van der Waals surface area contributed by atoms with Gasteiger partial charge in [-0.1, -0.05) is 52.4 Å². The van der Waals surface area contributed by atoms with E-state index in [0.717, 1.165) is 15.9 Å². The molecule has 3 heterocycles. The molecule has 0 fully saturated rings. The zero-order valence-electron chi connectivity index (χ0n) is 18.4. The van der Waals surface area contributed by atoms with Crippen LogP contribution in [-0.2, 0) is 6.54 Å². The molecule has 0 N–H and O–H groups in total. The molecular weight excluding hydrogens is 472 g/mol. The molecule has 0 saturated carbocycles. The van der Waals surface area contributed by atoms with Crippen LogP contribution in [0, 0.1) is 6.92 Å². The second-order valence-corrected chi connectivity index (χ2v) is 8.90. The molecule has 1 amide bonds. The predicted molar refractivity (Wildman–Crippen MR) is 133 cm³/mol. The van der Waals surface area contributed by atoms with Crippen molar-refractivity contribution in [2.75, 3.05) is 12.0 Å². The molecule has 0 atom stereocenters. The molecule has 0 spiro atoms. The monoisotopic (exact) mass is 490 g/mol. The van der Waals surface area contributed by atoms with E-state index in [1.54, 1.807) is 31.2 Å². The maximum absolute atomic E-state index is 14.0. The number of hydrogen-bond acceptors (Lipinski definition) is 7. The van der Waals surface area contributed by atoms with Crippen molar-refractivity contribution in [2.45, 2.75) is 13.5 Å². The Labute approximate surface area is 204 Å². The SMILES string of the molecule is COc1ccc2sc(N(Cc3ccccn3)C(=O)c3c(-c4ccccc4Cl)noc3C)nc2c1. The van der Waals surface area contributed by atoms with Crippen molar-refractivity contribution in [3.63, 3.8) is 0 Å². The molecular formula is C25H19ClN4O3S. The molecule has 0 aliphatic carbocycles. The van der Waals surface area contributed by atoms with E-state index >= 15 is 0 Å². The van der Waals surface area contributed by atoms with Crippen molar-refractivity contribution < 1.29 is 14.1 Å². The minimum Gasteiger partial charge on any atom is -0.497 e. The number of benzene rings is 2. The van der Waals surface area contributed by atoms with E-state index in [-0.39, 0.29) is 12.5 Å². The van der Waals surface area contributed by atoms with Crippen LogP contribution in [0.1, 0.15) is 21.8 Å². The third-order valence-electron chi connectivity index (χ3n) is 5.31. The Morgan fingerprint density at radius 3 is 2.74 bits per heavy atom. The van der Waals surface area contributed by atoms with Crippen molar-refractivity contribution in [3.8, 4) is 17.0 Å². The summed E-state index contributed by atoms with van der Waals surface area (Å²) in [5, 5.41) is 5.17. The minimum absolute atomic E-state index is 0.225. The standard InChI is InChI=1S/C25H19ClN4O3S/c1-15-22(23(29-33-15)18-8-3-4-9-19(18)26)24(31)30(14-16-7-5-6-12-27-16)25-28-20-13-17(32-2)10-11-21(20)34-25/h3-13H,14H2,1-2H3. The lowest BCUT2D eigenvalue weighted by Gasteiger charge is -2.19. The summed E-state index contributed by atoms with van der Waals surface area (Å²) in [5.74, 6) is 0.793. The van der Waals surface area contributed by atoms with Gasteiger partial charge in [0.2, 0.25) is 0 Å². The molecule has 2 aromatic carbocycles. The van der Waals surface area contributed by atoms with E-state index in [2.05, 4.69) is 10.1 Å².